The number of nitrogens with one attached hydrogen (secondary N) is 1. The number of aliphatic hydroxyl groups is 1. The number of carbonyl (C=O) groups is 1. The Morgan fingerprint density at radius 3 is 2.26 bits per heavy atom. The van der Waals surface area contributed by atoms with Crippen molar-refractivity contribution < 1.29 is 18.7 Å². The Balaban J connectivity index is 2.66. The number of amides is 1. The van der Waals surface area contributed by atoms with Crippen LogP contribution < -0.4 is 5.32 Å². The van der Waals surface area contributed by atoms with Gasteiger partial charge in [0.05, 0.1) is 6.10 Å². The van der Waals surface area contributed by atoms with Crippen molar-refractivity contribution in [2.45, 2.75) is 32.8 Å². The van der Waals surface area contributed by atoms with E-state index in [-0.39, 0.29) is 12.5 Å². The number of carbonyl (C=O) groups excluding carboxylic acids is 1. The van der Waals surface area contributed by atoms with Gasteiger partial charge in [-0.25, -0.2) is 8.78 Å². The van der Waals surface area contributed by atoms with E-state index >= 15 is 0 Å². The fourth-order valence-corrected chi connectivity index (χ4v) is 2.00. The fraction of sp³-hybridized carbons (Fsp3) is 0.500. The molecular weight excluding hydrogens is 252 g/mol. The molecular formula is C14H19F2NO2. The molecule has 5 heteroatoms. The first kappa shape index (κ1) is 15.6. The summed E-state index contributed by atoms with van der Waals surface area (Å²) in [6.45, 7) is 3.87. The van der Waals surface area contributed by atoms with Crippen LogP contribution in [0.3, 0.4) is 0 Å². The smallest absolute Gasteiger partial charge is 0.257 e. The molecule has 1 unspecified atom stereocenters. The van der Waals surface area contributed by atoms with Gasteiger partial charge in [0.25, 0.3) is 5.91 Å². The molecule has 0 radical (unpaired) electrons. The van der Waals surface area contributed by atoms with Crippen molar-refractivity contribution in [1.29, 1.82) is 0 Å². The van der Waals surface area contributed by atoms with Gasteiger partial charge in [-0.2, -0.15) is 0 Å². The summed E-state index contributed by atoms with van der Waals surface area (Å²) in [7, 11) is 0. The van der Waals surface area contributed by atoms with Crippen molar-refractivity contribution in [2.24, 2.45) is 5.92 Å². The highest BCUT2D eigenvalue weighted by molar-refractivity contribution is 5.94. The van der Waals surface area contributed by atoms with Crippen LogP contribution in [0.2, 0.25) is 0 Å². The molecule has 0 heterocycles. The second-order valence-corrected chi connectivity index (χ2v) is 4.45. The summed E-state index contributed by atoms with van der Waals surface area (Å²) in [6, 6.07) is 3.24. The first-order valence-corrected chi connectivity index (χ1v) is 6.41. The molecule has 106 valence electrons. The van der Waals surface area contributed by atoms with Gasteiger partial charge in [-0.15, -0.1) is 0 Å². The SMILES string of the molecule is CCC(CC)C(O)CNC(=O)c1c(F)cccc1F. The van der Waals surface area contributed by atoms with Gasteiger partial charge in [-0.1, -0.05) is 32.8 Å². The van der Waals surface area contributed by atoms with E-state index in [4.69, 9.17) is 0 Å². The molecule has 1 amide bonds. The molecule has 3 nitrogen and oxygen atoms in total. The maximum Gasteiger partial charge on any atom is 0.257 e. The van der Waals surface area contributed by atoms with Crippen LogP contribution in [0, 0.1) is 17.6 Å². The number of hydrogen-bond donors (Lipinski definition) is 2. The van der Waals surface area contributed by atoms with E-state index in [2.05, 4.69) is 5.32 Å². The van der Waals surface area contributed by atoms with Crippen molar-refractivity contribution in [3.05, 3.63) is 35.4 Å². The van der Waals surface area contributed by atoms with Crippen LogP contribution in [0.25, 0.3) is 0 Å². The first-order valence-electron chi connectivity index (χ1n) is 6.41. The third-order valence-electron chi connectivity index (χ3n) is 3.25. The molecule has 2 N–H and O–H groups in total. The predicted molar refractivity (Wildman–Crippen MR) is 68.8 cm³/mol. The maximum atomic E-state index is 13.4. The Morgan fingerprint density at radius 2 is 1.79 bits per heavy atom. The van der Waals surface area contributed by atoms with E-state index in [9.17, 15) is 18.7 Å². The van der Waals surface area contributed by atoms with Gasteiger partial charge in [0.2, 0.25) is 0 Å². The third kappa shape index (κ3) is 3.99. The van der Waals surface area contributed by atoms with Gasteiger partial charge >= 0.3 is 0 Å². The van der Waals surface area contributed by atoms with E-state index < -0.39 is 29.2 Å². The van der Waals surface area contributed by atoms with Crippen molar-refractivity contribution in [1.82, 2.24) is 5.32 Å². The molecule has 1 aromatic carbocycles. The second kappa shape index (κ2) is 7.19. The summed E-state index contributed by atoms with van der Waals surface area (Å²) in [5.41, 5.74) is -0.612. The quantitative estimate of drug-likeness (QED) is 0.835. The van der Waals surface area contributed by atoms with E-state index in [1.165, 1.54) is 6.07 Å². The summed E-state index contributed by atoms with van der Waals surface area (Å²) in [4.78, 5) is 11.7. The van der Waals surface area contributed by atoms with Crippen LogP contribution in [-0.2, 0) is 0 Å². The zero-order valence-electron chi connectivity index (χ0n) is 11.1. The summed E-state index contributed by atoms with van der Waals surface area (Å²) in [5, 5.41) is 12.2. The Kier molecular flexibility index (Phi) is 5.89. The topological polar surface area (TPSA) is 49.3 Å². The molecule has 0 aromatic heterocycles. The molecule has 1 aromatic rings. The molecule has 19 heavy (non-hydrogen) atoms. The lowest BCUT2D eigenvalue weighted by atomic mass is 9.96. The molecule has 0 saturated carbocycles. The lowest BCUT2D eigenvalue weighted by Crippen LogP contribution is -2.36. The molecule has 0 bridgehead atoms. The third-order valence-corrected chi connectivity index (χ3v) is 3.25. The zero-order chi connectivity index (χ0) is 14.4. The Labute approximate surface area is 111 Å². The fourth-order valence-electron chi connectivity index (χ4n) is 2.00. The molecule has 0 aliphatic heterocycles. The van der Waals surface area contributed by atoms with Gasteiger partial charge in [0.15, 0.2) is 0 Å². The van der Waals surface area contributed by atoms with E-state index in [1.807, 2.05) is 13.8 Å². The first-order chi connectivity index (χ1) is 9.01. The normalized spacial score (nSPS) is 12.5. The largest absolute Gasteiger partial charge is 0.391 e. The highest BCUT2D eigenvalue weighted by Gasteiger charge is 2.20. The summed E-state index contributed by atoms with van der Waals surface area (Å²) in [6.07, 6.45) is 0.845. The van der Waals surface area contributed by atoms with Crippen LogP contribution in [0.5, 0.6) is 0 Å². The van der Waals surface area contributed by atoms with Crippen LogP contribution >= 0.6 is 0 Å². The monoisotopic (exact) mass is 271 g/mol. The summed E-state index contributed by atoms with van der Waals surface area (Å²) < 4.78 is 26.7. The average Bonchev–Trinajstić information content (AvgIpc) is 2.37. The van der Waals surface area contributed by atoms with Gasteiger partial charge in [-0.05, 0) is 18.1 Å². The van der Waals surface area contributed by atoms with Crippen LogP contribution in [0.4, 0.5) is 8.78 Å². The zero-order valence-corrected chi connectivity index (χ0v) is 11.1. The van der Waals surface area contributed by atoms with Gasteiger partial charge in [-0.3, -0.25) is 4.79 Å². The van der Waals surface area contributed by atoms with Crippen molar-refractivity contribution in [3.8, 4) is 0 Å². The minimum absolute atomic E-state index is 0.0149. The van der Waals surface area contributed by atoms with Crippen LogP contribution in [0.15, 0.2) is 18.2 Å². The molecule has 0 spiro atoms. The molecule has 0 aliphatic carbocycles. The van der Waals surface area contributed by atoms with Gasteiger partial charge < -0.3 is 10.4 Å². The molecule has 0 saturated heterocycles. The minimum Gasteiger partial charge on any atom is -0.391 e. The second-order valence-electron chi connectivity index (χ2n) is 4.45. The summed E-state index contributed by atoms with van der Waals surface area (Å²) >= 11 is 0. The standard InChI is InChI=1S/C14H19F2NO2/c1-3-9(4-2)12(18)8-17-14(19)13-10(15)6-5-7-11(13)16/h5-7,9,12,18H,3-4,8H2,1-2H3,(H,17,19). The summed E-state index contributed by atoms with van der Waals surface area (Å²) in [5.74, 6) is -2.60. The Bertz CT molecular complexity index is 413. The number of benzene rings is 1. The number of hydrogen-bond acceptors (Lipinski definition) is 2. The van der Waals surface area contributed by atoms with Crippen LogP contribution in [-0.4, -0.2) is 23.7 Å². The van der Waals surface area contributed by atoms with Crippen molar-refractivity contribution >= 4 is 5.91 Å². The number of rotatable bonds is 6. The average molecular weight is 271 g/mol. The maximum absolute atomic E-state index is 13.4. The molecule has 1 atom stereocenters. The minimum atomic E-state index is -0.908. The Morgan fingerprint density at radius 1 is 1.26 bits per heavy atom. The molecule has 1 rings (SSSR count). The van der Waals surface area contributed by atoms with Gasteiger partial charge in [0, 0.05) is 6.54 Å². The highest BCUT2D eigenvalue weighted by Crippen LogP contribution is 2.14. The van der Waals surface area contributed by atoms with Crippen LogP contribution in [0.1, 0.15) is 37.0 Å². The lowest BCUT2D eigenvalue weighted by molar-refractivity contribution is 0.0810. The highest BCUT2D eigenvalue weighted by atomic mass is 19.1. The predicted octanol–water partition coefficient (Wildman–Crippen LogP) is 2.49. The van der Waals surface area contributed by atoms with Crippen molar-refractivity contribution in [2.75, 3.05) is 6.54 Å². The number of halogens is 2. The molecule has 0 aliphatic rings. The Hall–Kier alpha value is -1.49. The molecule has 0 fully saturated rings. The van der Waals surface area contributed by atoms with E-state index in [1.54, 1.807) is 0 Å². The lowest BCUT2D eigenvalue weighted by Gasteiger charge is -2.20. The van der Waals surface area contributed by atoms with Gasteiger partial charge in [0.1, 0.15) is 17.2 Å². The van der Waals surface area contributed by atoms with E-state index in [0.29, 0.717) is 0 Å². The van der Waals surface area contributed by atoms with E-state index in [0.717, 1.165) is 25.0 Å². The number of aliphatic hydroxyl groups excluding tert-OH is 1. The van der Waals surface area contributed by atoms with Crippen molar-refractivity contribution in [3.63, 3.8) is 0 Å².